The van der Waals surface area contributed by atoms with Gasteiger partial charge in [0.25, 0.3) is 0 Å². The highest BCUT2D eigenvalue weighted by atomic mass is 16.6. The second-order valence-electron chi connectivity index (χ2n) is 7.89. The molecule has 11 nitrogen and oxygen atoms in total. The number of phenols is 3. The molecule has 2 aromatic carbocycles. The number of carbonyl (C=O) groups excluding carboxylic acids is 1. The number of aromatic hydroxyl groups is 3. The summed E-state index contributed by atoms with van der Waals surface area (Å²) in [6.07, 6.45) is -7.46. The lowest BCUT2D eigenvalue weighted by atomic mass is 9.96. The SMILES string of the molecule is CC(=O)OC1C(c2c(O)cc(O)c3c(=O)cc(-c4ccc(O)cc4)oc23)OC(C(O)CO)C1O. The number of benzene rings is 2. The zero-order chi connectivity index (χ0) is 24.7. The van der Waals surface area contributed by atoms with E-state index >= 15 is 0 Å². The van der Waals surface area contributed by atoms with Crippen LogP contribution in [0.2, 0.25) is 0 Å². The van der Waals surface area contributed by atoms with Crippen molar-refractivity contribution in [3.63, 3.8) is 0 Å². The molecule has 5 unspecified atom stereocenters. The van der Waals surface area contributed by atoms with E-state index in [0.717, 1.165) is 19.1 Å². The van der Waals surface area contributed by atoms with Crippen molar-refractivity contribution in [2.75, 3.05) is 6.61 Å². The lowest BCUT2D eigenvalue weighted by molar-refractivity contribution is -0.153. The summed E-state index contributed by atoms with van der Waals surface area (Å²) in [6.45, 7) is 0.307. The number of aliphatic hydroxyl groups excluding tert-OH is 3. The van der Waals surface area contributed by atoms with E-state index in [1.165, 1.54) is 24.3 Å². The number of aliphatic hydroxyl groups is 3. The largest absolute Gasteiger partial charge is 0.508 e. The molecule has 0 bridgehead atoms. The number of phenolic OH excluding ortho intramolecular Hbond substituents is 3. The van der Waals surface area contributed by atoms with Crippen LogP contribution in [0.4, 0.5) is 0 Å². The fraction of sp³-hybridized carbons (Fsp3) is 0.304. The third-order valence-electron chi connectivity index (χ3n) is 5.58. The van der Waals surface area contributed by atoms with Crippen LogP contribution >= 0.6 is 0 Å². The van der Waals surface area contributed by atoms with E-state index in [0.29, 0.717) is 5.56 Å². The van der Waals surface area contributed by atoms with Crippen molar-refractivity contribution in [1.82, 2.24) is 0 Å². The van der Waals surface area contributed by atoms with Gasteiger partial charge in [-0.15, -0.1) is 0 Å². The summed E-state index contributed by atoms with van der Waals surface area (Å²) in [5.74, 6) is -1.97. The molecule has 11 heteroatoms. The first-order chi connectivity index (χ1) is 16.1. The molecule has 1 aliphatic heterocycles. The van der Waals surface area contributed by atoms with Gasteiger partial charge in [0.15, 0.2) is 17.1 Å². The summed E-state index contributed by atoms with van der Waals surface area (Å²) in [7, 11) is 0. The number of esters is 1. The summed E-state index contributed by atoms with van der Waals surface area (Å²) in [5, 5.41) is 60.3. The van der Waals surface area contributed by atoms with Crippen LogP contribution in [0.25, 0.3) is 22.3 Å². The van der Waals surface area contributed by atoms with Crippen molar-refractivity contribution in [3.05, 3.63) is 52.2 Å². The Hall–Kier alpha value is -3.64. The molecule has 0 amide bonds. The summed E-state index contributed by atoms with van der Waals surface area (Å²) in [6, 6.07) is 7.69. The maximum absolute atomic E-state index is 12.9. The zero-order valence-electron chi connectivity index (χ0n) is 17.8. The van der Waals surface area contributed by atoms with Gasteiger partial charge in [0.1, 0.15) is 52.8 Å². The standard InChI is InChI=1S/C23H22O11/c1-9(25)32-23-19(31)20(15(30)8-24)34-22(23)18-13(28)6-12(27)17-14(29)7-16(33-21(17)18)10-2-4-11(26)5-3-10/h2-7,15,19-20,22-24,26-28,30-31H,8H2,1H3. The van der Waals surface area contributed by atoms with E-state index in [4.69, 9.17) is 13.9 Å². The van der Waals surface area contributed by atoms with Gasteiger partial charge < -0.3 is 44.5 Å². The van der Waals surface area contributed by atoms with Gasteiger partial charge in [-0.3, -0.25) is 9.59 Å². The lowest BCUT2D eigenvalue weighted by Gasteiger charge is -2.22. The summed E-state index contributed by atoms with van der Waals surface area (Å²) in [4.78, 5) is 24.6. The topological polar surface area (TPSA) is 187 Å². The molecule has 6 N–H and O–H groups in total. The van der Waals surface area contributed by atoms with Crippen LogP contribution in [-0.4, -0.2) is 67.6 Å². The van der Waals surface area contributed by atoms with Crippen LogP contribution in [0, 0.1) is 0 Å². The van der Waals surface area contributed by atoms with Crippen LogP contribution in [0.1, 0.15) is 18.6 Å². The molecule has 5 atom stereocenters. The monoisotopic (exact) mass is 474 g/mol. The molecule has 3 aromatic rings. The van der Waals surface area contributed by atoms with E-state index < -0.39 is 60.0 Å². The molecule has 4 rings (SSSR count). The highest BCUT2D eigenvalue weighted by molar-refractivity contribution is 5.89. The molecule has 180 valence electrons. The van der Waals surface area contributed by atoms with Crippen molar-refractivity contribution < 1.29 is 49.3 Å². The Balaban J connectivity index is 1.95. The van der Waals surface area contributed by atoms with Gasteiger partial charge >= 0.3 is 5.97 Å². The predicted octanol–water partition coefficient (Wildman–Crippen LogP) is 0.662. The predicted molar refractivity (Wildman–Crippen MR) is 115 cm³/mol. The molecule has 0 radical (unpaired) electrons. The Morgan fingerprint density at radius 3 is 2.41 bits per heavy atom. The third-order valence-corrected chi connectivity index (χ3v) is 5.58. The first kappa shape index (κ1) is 23.5. The second-order valence-corrected chi connectivity index (χ2v) is 7.89. The maximum atomic E-state index is 12.9. The summed E-state index contributed by atoms with van der Waals surface area (Å²) >= 11 is 0. The van der Waals surface area contributed by atoms with E-state index in [1.807, 2.05) is 0 Å². The Labute approximate surface area is 191 Å². The van der Waals surface area contributed by atoms with Gasteiger partial charge in [0, 0.05) is 24.6 Å². The third kappa shape index (κ3) is 4.05. The number of hydrogen-bond donors (Lipinski definition) is 6. The van der Waals surface area contributed by atoms with E-state index in [2.05, 4.69) is 0 Å². The quantitative estimate of drug-likeness (QED) is 0.285. The Bertz CT molecular complexity index is 1280. The van der Waals surface area contributed by atoms with Crippen molar-refractivity contribution in [2.24, 2.45) is 0 Å². The molecular weight excluding hydrogens is 452 g/mol. The van der Waals surface area contributed by atoms with Crippen molar-refractivity contribution in [1.29, 1.82) is 0 Å². The molecule has 1 aliphatic rings. The van der Waals surface area contributed by atoms with Crippen molar-refractivity contribution in [2.45, 2.75) is 37.4 Å². The van der Waals surface area contributed by atoms with Crippen LogP contribution in [0.5, 0.6) is 17.2 Å². The second kappa shape index (κ2) is 8.95. The minimum Gasteiger partial charge on any atom is -0.508 e. The van der Waals surface area contributed by atoms with E-state index in [-0.39, 0.29) is 28.0 Å². The van der Waals surface area contributed by atoms with Gasteiger partial charge in [-0.1, -0.05) is 0 Å². The van der Waals surface area contributed by atoms with Crippen LogP contribution in [0.3, 0.4) is 0 Å². The van der Waals surface area contributed by atoms with Gasteiger partial charge in [-0.2, -0.15) is 0 Å². The van der Waals surface area contributed by atoms with Crippen LogP contribution in [0.15, 0.2) is 45.6 Å². The number of carbonyl (C=O) groups is 1. The normalized spacial score (nSPS) is 23.2. The Kier molecular flexibility index (Phi) is 6.19. The number of ether oxygens (including phenoxy) is 2. The first-order valence-electron chi connectivity index (χ1n) is 10.2. The minimum absolute atomic E-state index is 0.0195. The maximum Gasteiger partial charge on any atom is 0.303 e. The molecule has 0 aliphatic carbocycles. The fourth-order valence-electron chi connectivity index (χ4n) is 4.04. The molecule has 34 heavy (non-hydrogen) atoms. The van der Waals surface area contributed by atoms with Gasteiger partial charge in [0.2, 0.25) is 0 Å². The number of rotatable bonds is 5. The van der Waals surface area contributed by atoms with Gasteiger partial charge in [0.05, 0.1) is 12.2 Å². The highest BCUT2D eigenvalue weighted by Gasteiger charge is 2.51. The molecule has 0 saturated carbocycles. The molecular formula is C23H22O11. The average molecular weight is 474 g/mol. The zero-order valence-corrected chi connectivity index (χ0v) is 17.8. The summed E-state index contributed by atoms with van der Waals surface area (Å²) < 4.78 is 16.7. The van der Waals surface area contributed by atoms with Gasteiger partial charge in [-0.05, 0) is 24.3 Å². The smallest absolute Gasteiger partial charge is 0.303 e. The number of fused-ring (bicyclic) bond motifs is 1. The Morgan fingerprint density at radius 1 is 1.12 bits per heavy atom. The molecule has 1 aromatic heterocycles. The van der Waals surface area contributed by atoms with Crippen LogP contribution in [-0.2, 0) is 14.3 Å². The average Bonchev–Trinajstić information content (AvgIpc) is 3.08. The van der Waals surface area contributed by atoms with Crippen LogP contribution < -0.4 is 5.43 Å². The Morgan fingerprint density at radius 2 is 1.79 bits per heavy atom. The lowest BCUT2D eigenvalue weighted by Crippen LogP contribution is -2.41. The molecule has 0 spiro atoms. The molecule has 2 heterocycles. The fourth-order valence-corrected chi connectivity index (χ4v) is 4.04. The van der Waals surface area contributed by atoms with Crippen molar-refractivity contribution in [3.8, 4) is 28.6 Å². The van der Waals surface area contributed by atoms with E-state index in [1.54, 1.807) is 0 Å². The van der Waals surface area contributed by atoms with Crippen molar-refractivity contribution >= 4 is 16.9 Å². The van der Waals surface area contributed by atoms with E-state index in [9.17, 15) is 40.2 Å². The first-order valence-corrected chi connectivity index (χ1v) is 10.2. The minimum atomic E-state index is -1.61. The van der Waals surface area contributed by atoms with Gasteiger partial charge in [-0.25, -0.2) is 0 Å². The summed E-state index contributed by atoms with van der Waals surface area (Å²) in [5.41, 5.74) is -0.800. The highest BCUT2D eigenvalue weighted by Crippen LogP contribution is 2.46. The molecule has 1 fully saturated rings. The number of hydrogen-bond acceptors (Lipinski definition) is 11. The molecule has 1 saturated heterocycles.